The maximum atomic E-state index is 13.7. The summed E-state index contributed by atoms with van der Waals surface area (Å²) >= 11 is 3.22. The lowest BCUT2D eigenvalue weighted by atomic mass is 9.98. The highest BCUT2D eigenvalue weighted by molar-refractivity contribution is 9.10. The fourth-order valence-corrected chi connectivity index (χ4v) is 2.62. The van der Waals surface area contributed by atoms with Crippen molar-refractivity contribution in [1.82, 2.24) is 4.90 Å². The number of benzene rings is 1. The fraction of sp³-hybridized carbons (Fsp3) is 0.462. The van der Waals surface area contributed by atoms with Crippen LogP contribution in [0.5, 0.6) is 0 Å². The van der Waals surface area contributed by atoms with Gasteiger partial charge in [0, 0.05) is 23.1 Å². The lowest BCUT2D eigenvalue weighted by molar-refractivity contribution is -0.143. The molecule has 0 saturated carbocycles. The highest BCUT2D eigenvalue weighted by atomic mass is 79.9. The van der Waals surface area contributed by atoms with Gasteiger partial charge in [0.15, 0.2) is 0 Å². The highest BCUT2D eigenvalue weighted by Crippen LogP contribution is 2.21. The van der Waals surface area contributed by atoms with Crippen LogP contribution >= 0.6 is 15.9 Å². The van der Waals surface area contributed by atoms with Crippen LogP contribution in [-0.4, -0.2) is 29.1 Å². The van der Waals surface area contributed by atoms with Gasteiger partial charge in [0.1, 0.15) is 5.82 Å². The molecule has 0 radical (unpaired) electrons. The largest absolute Gasteiger partial charge is 0.481 e. The molecule has 0 aromatic heterocycles. The van der Waals surface area contributed by atoms with Crippen LogP contribution in [0.4, 0.5) is 4.39 Å². The first-order valence-electron chi connectivity index (χ1n) is 5.95. The van der Waals surface area contributed by atoms with Crippen LogP contribution in [0.3, 0.4) is 0 Å². The van der Waals surface area contributed by atoms with Gasteiger partial charge in [-0.3, -0.25) is 9.69 Å². The molecule has 1 fully saturated rings. The van der Waals surface area contributed by atoms with E-state index in [0.717, 1.165) is 13.0 Å². The van der Waals surface area contributed by atoms with E-state index in [4.69, 9.17) is 5.11 Å². The number of carbonyl (C=O) groups is 1. The SMILES string of the molecule is O=C(O)[C@@H]1CCCN(Cc2ccc(Br)cc2F)C1. The summed E-state index contributed by atoms with van der Waals surface area (Å²) < 4.78 is 14.4. The van der Waals surface area contributed by atoms with Crippen LogP contribution in [0.2, 0.25) is 0 Å². The van der Waals surface area contributed by atoms with E-state index >= 15 is 0 Å². The Morgan fingerprint density at radius 3 is 3.00 bits per heavy atom. The van der Waals surface area contributed by atoms with Crippen molar-refractivity contribution in [3.8, 4) is 0 Å². The summed E-state index contributed by atoms with van der Waals surface area (Å²) in [5, 5.41) is 9.01. The second-order valence-electron chi connectivity index (χ2n) is 4.65. The summed E-state index contributed by atoms with van der Waals surface area (Å²) in [6.45, 7) is 1.81. The van der Waals surface area contributed by atoms with Crippen molar-refractivity contribution in [2.75, 3.05) is 13.1 Å². The molecule has 0 bridgehead atoms. The Balaban J connectivity index is 2.02. The number of hydrogen-bond donors (Lipinski definition) is 1. The summed E-state index contributed by atoms with van der Waals surface area (Å²) in [7, 11) is 0. The van der Waals surface area contributed by atoms with Crippen molar-refractivity contribution in [3.05, 3.63) is 34.1 Å². The van der Waals surface area contributed by atoms with E-state index in [1.54, 1.807) is 12.1 Å². The topological polar surface area (TPSA) is 40.5 Å². The van der Waals surface area contributed by atoms with Gasteiger partial charge in [0.25, 0.3) is 0 Å². The number of likely N-dealkylation sites (tertiary alicyclic amines) is 1. The molecule has 1 saturated heterocycles. The molecule has 1 atom stereocenters. The predicted octanol–water partition coefficient (Wildman–Crippen LogP) is 2.88. The van der Waals surface area contributed by atoms with Crippen molar-refractivity contribution in [2.45, 2.75) is 19.4 Å². The molecule has 0 amide bonds. The second kappa shape index (κ2) is 5.80. The van der Waals surface area contributed by atoms with Crippen molar-refractivity contribution in [3.63, 3.8) is 0 Å². The average Bonchev–Trinajstić information content (AvgIpc) is 2.33. The number of carboxylic acids is 1. The number of carboxylic acid groups (broad SMARTS) is 1. The van der Waals surface area contributed by atoms with E-state index in [9.17, 15) is 9.18 Å². The van der Waals surface area contributed by atoms with E-state index in [2.05, 4.69) is 15.9 Å². The Labute approximate surface area is 114 Å². The Morgan fingerprint density at radius 2 is 2.33 bits per heavy atom. The molecule has 0 spiro atoms. The molecule has 1 aliphatic rings. The van der Waals surface area contributed by atoms with Crippen LogP contribution in [0.1, 0.15) is 18.4 Å². The quantitative estimate of drug-likeness (QED) is 0.932. The Hall–Kier alpha value is -0.940. The first kappa shape index (κ1) is 13.5. The standard InChI is InChI=1S/C13H15BrFNO2/c14-11-4-3-9(12(15)6-11)7-16-5-1-2-10(8-16)13(17)18/h3-4,6,10H,1-2,5,7-8H2,(H,17,18)/t10-/m1/s1. The van der Waals surface area contributed by atoms with Crippen LogP contribution in [0.25, 0.3) is 0 Å². The van der Waals surface area contributed by atoms with Crippen molar-refractivity contribution < 1.29 is 14.3 Å². The first-order valence-corrected chi connectivity index (χ1v) is 6.74. The molecule has 1 heterocycles. The van der Waals surface area contributed by atoms with Crippen molar-refractivity contribution in [2.24, 2.45) is 5.92 Å². The van der Waals surface area contributed by atoms with E-state index in [1.165, 1.54) is 6.07 Å². The van der Waals surface area contributed by atoms with E-state index in [-0.39, 0.29) is 11.7 Å². The first-order chi connectivity index (χ1) is 8.56. The predicted molar refractivity (Wildman–Crippen MR) is 69.7 cm³/mol. The van der Waals surface area contributed by atoms with Crippen LogP contribution in [0, 0.1) is 11.7 Å². The lowest BCUT2D eigenvalue weighted by Gasteiger charge is -2.30. The molecule has 5 heteroatoms. The number of halogens is 2. The van der Waals surface area contributed by atoms with Gasteiger partial charge >= 0.3 is 5.97 Å². The minimum atomic E-state index is -0.754. The van der Waals surface area contributed by atoms with Gasteiger partial charge < -0.3 is 5.11 Å². The molecule has 0 unspecified atom stereocenters. The molecular formula is C13H15BrFNO2. The molecule has 2 rings (SSSR count). The number of nitrogens with zero attached hydrogens (tertiary/aromatic N) is 1. The third kappa shape index (κ3) is 3.29. The smallest absolute Gasteiger partial charge is 0.307 e. The molecule has 1 aromatic carbocycles. The van der Waals surface area contributed by atoms with E-state index in [1.807, 2.05) is 4.90 Å². The zero-order chi connectivity index (χ0) is 13.1. The molecule has 0 aliphatic carbocycles. The van der Waals surface area contributed by atoms with Crippen molar-refractivity contribution >= 4 is 21.9 Å². The number of hydrogen-bond acceptors (Lipinski definition) is 2. The minimum absolute atomic E-state index is 0.248. The fourth-order valence-electron chi connectivity index (χ4n) is 2.29. The Morgan fingerprint density at radius 1 is 1.56 bits per heavy atom. The average molecular weight is 316 g/mol. The van der Waals surface area contributed by atoms with Gasteiger partial charge in [0.05, 0.1) is 5.92 Å². The van der Waals surface area contributed by atoms with Gasteiger partial charge in [-0.05, 0) is 31.5 Å². The minimum Gasteiger partial charge on any atom is -0.481 e. The zero-order valence-corrected chi connectivity index (χ0v) is 11.5. The molecule has 1 N–H and O–H groups in total. The lowest BCUT2D eigenvalue weighted by Crippen LogP contribution is -2.38. The molecule has 1 aromatic rings. The second-order valence-corrected chi connectivity index (χ2v) is 5.56. The van der Waals surface area contributed by atoms with Crippen LogP contribution in [0.15, 0.2) is 22.7 Å². The highest BCUT2D eigenvalue weighted by Gasteiger charge is 2.25. The van der Waals surface area contributed by atoms with E-state index in [0.29, 0.717) is 29.5 Å². The summed E-state index contributed by atoms with van der Waals surface area (Å²) in [5.41, 5.74) is 0.615. The summed E-state index contributed by atoms with van der Waals surface area (Å²) in [5.74, 6) is -1.32. The van der Waals surface area contributed by atoms with Gasteiger partial charge in [-0.15, -0.1) is 0 Å². The van der Waals surface area contributed by atoms with Gasteiger partial charge in [0.2, 0.25) is 0 Å². The maximum Gasteiger partial charge on any atom is 0.307 e. The molecule has 18 heavy (non-hydrogen) atoms. The summed E-state index contributed by atoms with van der Waals surface area (Å²) in [4.78, 5) is 13.0. The monoisotopic (exact) mass is 315 g/mol. The van der Waals surface area contributed by atoms with Gasteiger partial charge in [-0.2, -0.15) is 0 Å². The molecule has 1 aliphatic heterocycles. The summed E-state index contributed by atoms with van der Waals surface area (Å²) in [6.07, 6.45) is 1.57. The normalized spacial score (nSPS) is 20.9. The van der Waals surface area contributed by atoms with E-state index < -0.39 is 5.97 Å². The summed E-state index contributed by atoms with van der Waals surface area (Å²) in [6, 6.07) is 4.98. The third-order valence-corrected chi connectivity index (χ3v) is 3.76. The molecule has 98 valence electrons. The molecule has 3 nitrogen and oxygen atoms in total. The maximum absolute atomic E-state index is 13.7. The zero-order valence-electron chi connectivity index (χ0n) is 9.90. The number of piperidine rings is 1. The number of rotatable bonds is 3. The van der Waals surface area contributed by atoms with Gasteiger partial charge in [-0.1, -0.05) is 22.0 Å². The Kier molecular flexibility index (Phi) is 4.35. The van der Waals surface area contributed by atoms with Gasteiger partial charge in [-0.25, -0.2) is 4.39 Å². The Bertz CT molecular complexity index is 453. The number of aliphatic carboxylic acids is 1. The third-order valence-electron chi connectivity index (χ3n) is 3.26. The van der Waals surface area contributed by atoms with Crippen LogP contribution < -0.4 is 0 Å². The molecular weight excluding hydrogens is 301 g/mol. The van der Waals surface area contributed by atoms with Crippen LogP contribution in [-0.2, 0) is 11.3 Å². The van der Waals surface area contributed by atoms with Crippen molar-refractivity contribution in [1.29, 1.82) is 0 Å².